The number of hydrogen-bond acceptors (Lipinski definition) is 5. The smallest absolute Gasteiger partial charge is 0.227 e. The highest BCUT2D eigenvalue weighted by molar-refractivity contribution is 7.08. The van der Waals surface area contributed by atoms with Crippen LogP contribution in [0.25, 0.3) is 11.4 Å². The van der Waals surface area contributed by atoms with Gasteiger partial charge in [-0.3, -0.25) is 4.79 Å². The van der Waals surface area contributed by atoms with Crippen molar-refractivity contribution >= 4 is 17.2 Å². The first-order valence-corrected chi connectivity index (χ1v) is 11.6. The number of thiophene rings is 1. The molecule has 0 aliphatic heterocycles. The molecule has 1 amide bonds. The molecule has 0 bridgehead atoms. The van der Waals surface area contributed by atoms with Crippen LogP contribution in [0, 0.1) is 11.6 Å². The molecule has 0 N–H and O–H groups in total. The van der Waals surface area contributed by atoms with E-state index < -0.39 is 0 Å². The summed E-state index contributed by atoms with van der Waals surface area (Å²) < 4.78 is 32.6. The summed E-state index contributed by atoms with van der Waals surface area (Å²) >= 11 is 1.54. The Labute approximate surface area is 194 Å². The highest BCUT2D eigenvalue weighted by Crippen LogP contribution is 2.28. The van der Waals surface area contributed by atoms with E-state index >= 15 is 0 Å². The van der Waals surface area contributed by atoms with Crippen molar-refractivity contribution in [1.82, 2.24) is 15.0 Å². The zero-order valence-electron chi connectivity index (χ0n) is 18.1. The molecule has 0 aliphatic carbocycles. The van der Waals surface area contributed by atoms with Gasteiger partial charge in [0.25, 0.3) is 0 Å². The van der Waals surface area contributed by atoms with Crippen molar-refractivity contribution in [1.29, 1.82) is 0 Å². The molecule has 2 heterocycles. The molecular formula is C25H23F2N3O2S. The van der Waals surface area contributed by atoms with Gasteiger partial charge in [0.1, 0.15) is 11.6 Å². The van der Waals surface area contributed by atoms with Crippen molar-refractivity contribution in [2.75, 3.05) is 0 Å². The number of benzene rings is 2. The van der Waals surface area contributed by atoms with Crippen LogP contribution < -0.4 is 0 Å². The lowest BCUT2D eigenvalue weighted by molar-refractivity contribution is -0.134. The Morgan fingerprint density at radius 1 is 1.12 bits per heavy atom. The number of nitrogens with zero attached hydrogens (tertiary/aromatic N) is 3. The van der Waals surface area contributed by atoms with E-state index in [9.17, 15) is 13.6 Å². The number of carbonyl (C=O) groups excluding carboxylic acids is 1. The van der Waals surface area contributed by atoms with Crippen LogP contribution in [0.1, 0.15) is 42.8 Å². The van der Waals surface area contributed by atoms with Gasteiger partial charge in [0.05, 0.1) is 6.04 Å². The highest BCUT2D eigenvalue weighted by atomic mass is 32.1. The first kappa shape index (κ1) is 22.8. The average Bonchev–Trinajstić information content (AvgIpc) is 3.50. The number of rotatable bonds is 9. The van der Waals surface area contributed by atoms with Crippen LogP contribution in [-0.4, -0.2) is 20.9 Å². The van der Waals surface area contributed by atoms with E-state index in [4.69, 9.17) is 4.52 Å². The van der Waals surface area contributed by atoms with E-state index in [1.54, 1.807) is 29.2 Å². The van der Waals surface area contributed by atoms with Crippen molar-refractivity contribution in [3.63, 3.8) is 0 Å². The number of hydrogen-bond donors (Lipinski definition) is 0. The first-order chi connectivity index (χ1) is 16.0. The summed E-state index contributed by atoms with van der Waals surface area (Å²) in [7, 11) is 0. The molecular weight excluding hydrogens is 444 g/mol. The third-order valence-electron chi connectivity index (χ3n) is 5.38. The minimum absolute atomic E-state index is 0.134. The Morgan fingerprint density at radius 2 is 1.94 bits per heavy atom. The number of amides is 1. The lowest BCUT2D eigenvalue weighted by Gasteiger charge is -2.32. The molecule has 5 nitrogen and oxygen atoms in total. The highest BCUT2D eigenvalue weighted by Gasteiger charge is 2.25. The monoisotopic (exact) mass is 467 g/mol. The van der Waals surface area contributed by atoms with Gasteiger partial charge in [-0.25, -0.2) is 8.78 Å². The van der Waals surface area contributed by atoms with Crippen LogP contribution in [0.2, 0.25) is 0 Å². The second-order valence-electron chi connectivity index (χ2n) is 7.65. The molecule has 0 saturated heterocycles. The normalized spacial score (nSPS) is 12.0. The second-order valence-corrected chi connectivity index (χ2v) is 8.43. The van der Waals surface area contributed by atoms with Crippen LogP contribution in [0.15, 0.2) is 69.9 Å². The van der Waals surface area contributed by atoms with Gasteiger partial charge >= 0.3 is 0 Å². The van der Waals surface area contributed by atoms with Gasteiger partial charge in [0.2, 0.25) is 17.6 Å². The van der Waals surface area contributed by atoms with Gasteiger partial charge in [0.15, 0.2) is 0 Å². The van der Waals surface area contributed by atoms with E-state index in [1.165, 1.54) is 35.6 Å². The minimum Gasteiger partial charge on any atom is -0.339 e. The van der Waals surface area contributed by atoms with Crippen LogP contribution >= 0.6 is 11.3 Å². The van der Waals surface area contributed by atoms with Gasteiger partial charge in [-0.15, -0.1) is 0 Å². The fourth-order valence-electron chi connectivity index (χ4n) is 3.75. The topological polar surface area (TPSA) is 59.2 Å². The molecule has 0 spiro atoms. The van der Waals surface area contributed by atoms with Crippen molar-refractivity contribution in [2.45, 2.75) is 38.8 Å². The Kier molecular flexibility index (Phi) is 7.24. The van der Waals surface area contributed by atoms with Crippen molar-refractivity contribution in [2.24, 2.45) is 0 Å². The summed E-state index contributed by atoms with van der Waals surface area (Å²) in [5, 5.41) is 7.84. The second kappa shape index (κ2) is 10.5. The minimum atomic E-state index is -0.360. The van der Waals surface area contributed by atoms with Gasteiger partial charge < -0.3 is 9.42 Å². The van der Waals surface area contributed by atoms with Gasteiger partial charge in [-0.1, -0.05) is 36.3 Å². The summed E-state index contributed by atoms with van der Waals surface area (Å²) in [5.41, 5.74) is 2.37. The van der Waals surface area contributed by atoms with E-state index in [1.807, 2.05) is 23.8 Å². The zero-order chi connectivity index (χ0) is 23.2. The molecule has 33 heavy (non-hydrogen) atoms. The van der Waals surface area contributed by atoms with Crippen LogP contribution in [0.3, 0.4) is 0 Å². The summed E-state index contributed by atoms with van der Waals surface area (Å²) in [6.45, 7) is 2.20. The third-order valence-corrected chi connectivity index (χ3v) is 6.06. The molecule has 4 aromatic rings. The quantitative estimate of drug-likeness (QED) is 0.295. The Hall–Kier alpha value is -3.39. The lowest BCUT2D eigenvalue weighted by Crippen LogP contribution is -2.34. The molecule has 0 fully saturated rings. The summed E-state index contributed by atoms with van der Waals surface area (Å²) in [6.07, 6.45) is 1.06. The largest absolute Gasteiger partial charge is 0.339 e. The predicted octanol–water partition coefficient (Wildman–Crippen LogP) is 6.19. The molecule has 0 radical (unpaired) electrons. The van der Waals surface area contributed by atoms with Gasteiger partial charge in [-0.2, -0.15) is 16.3 Å². The molecule has 4 rings (SSSR count). The summed E-state index contributed by atoms with van der Waals surface area (Å²) in [5.74, 6) is 0.0415. The Morgan fingerprint density at radius 3 is 2.64 bits per heavy atom. The molecule has 2 aromatic heterocycles. The molecule has 170 valence electrons. The van der Waals surface area contributed by atoms with Gasteiger partial charge in [-0.05, 0) is 53.3 Å². The molecule has 1 atom stereocenters. The van der Waals surface area contributed by atoms with Crippen molar-refractivity contribution in [3.05, 3.63) is 94.0 Å². The molecule has 0 aliphatic rings. The fourth-order valence-corrected chi connectivity index (χ4v) is 4.38. The Balaban J connectivity index is 1.53. The number of carbonyl (C=O) groups is 1. The maximum atomic E-state index is 13.8. The van der Waals surface area contributed by atoms with E-state index in [-0.39, 0.29) is 43.0 Å². The van der Waals surface area contributed by atoms with Crippen molar-refractivity contribution < 1.29 is 18.1 Å². The zero-order valence-corrected chi connectivity index (χ0v) is 18.9. The van der Waals surface area contributed by atoms with Crippen LogP contribution in [-0.2, 0) is 17.8 Å². The maximum absolute atomic E-state index is 13.8. The maximum Gasteiger partial charge on any atom is 0.227 e. The van der Waals surface area contributed by atoms with E-state index in [0.29, 0.717) is 23.7 Å². The number of aryl methyl sites for hydroxylation is 1. The molecule has 8 heteroatoms. The summed E-state index contributed by atoms with van der Waals surface area (Å²) in [4.78, 5) is 19.4. The first-order valence-electron chi connectivity index (χ1n) is 10.7. The summed E-state index contributed by atoms with van der Waals surface area (Å²) in [6, 6.07) is 13.9. The van der Waals surface area contributed by atoms with E-state index in [2.05, 4.69) is 10.1 Å². The van der Waals surface area contributed by atoms with Crippen LogP contribution in [0.5, 0.6) is 0 Å². The standard InChI is InChI=1S/C25H23F2N3O2S/c1-2-22(18-6-8-20(26)9-7-18)30(15-17-4-3-5-21(27)14-17)24(31)11-10-23-28-25(29-32-23)19-12-13-33-16-19/h3-9,12-14,16,22H,2,10-11,15H2,1H3. The molecule has 0 saturated carbocycles. The van der Waals surface area contributed by atoms with Gasteiger partial charge in [0, 0.05) is 30.3 Å². The van der Waals surface area contributed by atoms with E-state index in [0.717, 1.165) is 11.1 Å². The molecule has 1 unspecified atom stereocenters. The number of aromatic nitrogens is 2. The fraction of sp³-hybridized carbons (Fsp3) is 0.240. The Bertz CT molecular complexity index is 1190. The SMILES string of the molecule is CCC(c1ccc(F)cc1)N(Cc1cccc(F)c1)C(=O)CCc1nc(-c2ccsc2)no1. The third kappa shape index (κ3) is 5.70. The lowest BCUT2D eigenvalue weighted by atomic mass is 10.0. The predicted molar refractivity (Wildman–Crippen MR) is 122 cm³/mol. The average molecular weight is 468 g/mol. The van der Waals surface area contributed by atoms with Crippen molar-refractivity contribution in [3.8, 4) is 11.4 Å². The number of halogens is 2. The van der Waals surface area contributed by atoms with Crippen LogP contribution in [0.4, 0.5) is 8.78 Å². The molecule has 2 aromatic carbocycles.